The lowest BCUT2D eigenvalue weighted by molar-refractivity contribution is 0.0941. The molecule has 0 bridgehead atoms. The number of rotatable bonds is 3. The summed E-state index contributed by atoms with van der Waals surface area (Å²) in [7, 11) is 0. The van der Waals surface area contributed by atoms with E-state index < -0.39 is 6.04 Å². The number of nitriles is 1. The molecule has 1 aliphatic carbocycles. The number of amides is 1. The molecule has 0 radical (unpaired) electrons. The van der Waals surface area contributed by atoms with Crippen molar-refractivity contribution in [2.45, 2.75) is 18.9 Å². The molecule has 1 aromatic rings. The number of carbonyl (C=O) groups excluding carboxylic acids is 1. The van der Waals surface area contributed by atoms with Crippen molar-refractivity contribution in [3.8, 4) is 6.07 Å². The summed E-state index contributed by atoms with van der Waals surface area (Å²) in [6.07, 6.45) is 3.37. The summed E-state index contributed by atoms with van der Waals surface area (Å²) in [4.78, 5) is 25.1. The Kier molecular flexibility index (Phi) is 2.73. The van der Waals surface area contributed by atoms with E-state index in [4.69, 9.17) is 5.26 Å². The fraction of sp³-hybridized carbons (Fsp3) is 0.364. The van der Waals surface area contributed by atoms with Gasteiger partial charge in [0.1, 0.15) is 6.04 Å². The molecule has 0 aromatic carbocycles. The Morgan fingerprint density at radius 2 is 2.38 bits per heavy atom. The van der Waals surface area contributed by atoms with E-state index in [1.807, 2.05) is 0 Å². The van der Waals surface area contributed by atoms with Gasteiger partial charge in [-0.05, 0) is 24.8 Å². The Balaban J connectivity index is 2.08. The van der Waals surface area contributed by atoms with Crippen molar-refractivity contribution in [1.29, 1.82) is 5.26 Å². The maximum absolute atomic E-state index is 11.7. The molecular formula is C11H11N3O2. The smallest absolute Gasteiger partial charge is 0.252 e. The fourth-order valence-electron chi connectivity index (χ4n) is 1.50. The fourth-order valence-corrected chi connectivity index (χ4v) is 1.50. The van der Waals surface area contributed by atoms with Gasteiger partial charge in [0.05, 0.1) is 6.07 Å². The van der Waals surface area contributed by atoms with Crippen LogP contribution < -0.4 is 10.9 Å². The predicted molar refractivity (Wildman–Crippen MR) is 56.7 cm³/mol. The van der Waals surface area contributed by atoms with Gasteiger partial charge in [-0.1, -0.05) is 0 Å². The van der Waals surface area contributed by atoms with Crippen molar-refractivity contribution in [2.75, 3.05) is 0 Å². The highest BCUT2D eigenvalue weighted by atomic mass is 16.2. The first-order valence-corrected chi connectivity index (χ1v) is 5.10. The molecule has 16 heavy (non-hydrogen) atoms. The van der Waals surface area contributed by atoms with Crippen molar-refractivity contribution in [3.05, 3.63) is 34.2 Å². The zero-order chi connectivity index (χ0) is 11.5. The topological polar surface area (TPSA) is 85.8 Å². The van der Waals surface area contributed by atoms with Gasteiger partial charge in [-0.3, -0.25) is 9.59 Å². The minimum absolute atomic E-state index is 0.274. The standard InChI is InChI=1S/C11H11N3O2/c12-6-9(7-1-2-7)14-11(16)8-3-4-13-10(15)5-8/h3-5,7,9H,1-2H2,(H,13,15)(H,14,16). The average Bonchev–Trinajstić information content (AvgIpc) is 3.09. The second-order valence-electron chi connectivity index (χ2n) is 3.86. The van der Waals surface area contributed by atoms with Gasteiger partial charge in [-0.25, -0.2) is 0 Å². The lowest BCUT2D eigenvalue weighted by atomic mass is 10.2. The van der Waals surface area contributed by atoms with Crippen LogP contribution in [0.25, 0.3) is 0 Å². The van der Waals surface area contributed by atoms with Crippen molar-refractivity contribution < 1.29 is 4.79 Å². The van der Waals surface area contributed by atoms with Gasteiger partial charge in [0.2, 0.25) is 5.56 Å². The van der Waals surface area contributed by atoms with E-state index in [0.717, 1.165) is 12.8 Å². The quantitative estimate of drug-likeness (QED) is 0.768. The Morgan fingerprint density at radius 1 is 1.62 bits per heavy atom. The molecule has 1 aromatic heterocycles. The predicted octanol–water partition coefficient (Wildman–Crippen LogP) is 0.407. The lowest BCUT2D eigenvalue weighted by Gasteiger charge is -2.09. The van der Waals surface area contributed by atoms with Crippen LogP contribution in [0.2, 0.25) is 0 Å². The van der Waals surface area contributed by atoms with E-state index in [2.05, 4.69) is 16.4 Å². The third-order valence-electron chi connectivity index (χ3n) is 2.56. The van der Waals surface area contributed by atoms with Gasteiger partial charge >= 0.3 is 0 Å². The molecule has 0 aliphatic heterocycles. The maximum atomic E-state index is 11.7. The highest BCUT2D eigenvalue weighted by molar-refractivity contribution is 5.94. The zero-order valence-electron chi connectivity index (χ0n) is 8.56. The third kappa shape index (κ3) is 2.28. The van der Waals surface area contributed by atoms with E-state index in [0.29, 0.717) is 0 Å². The van der Waals surface area contributed by atoms with E-state index >= 15 is 0 Å². The number of carbonyl (C=O) groups is 1. The molecule has 5 nitrogen and oxygen atoms in total. The Hall–Kier alpha value is -2.09. The number of nitrogens with zero attached hydrogens (tertiary/aromatic N) is 1. The molecule has 0 spiro atoms. The summed E-state index contributed by atoms with van der Waals surface area (Å²) in [5.74, 6) is -0.0968. The summed E-state index contributed by atoms with van der Waals surface area (Å²) in [6, 6.07) is 4.35. The molecule has 2 rings (SSSR count). The van der Waals surface area contributed by atoms with Crippen LogP contribution in [-0.4, -0.2) is 16.9 Å². The van der Waals surface area contributed by atoms with Crippen LogP contribution >= 0.6 is 0 Å². The van der Waals surface area contributed by atoms with Crippen LogP contribution in [-0.2, 0) is 0 Å². The summed E-state index contributed by atoms with van der Waals surface area (Å²) in [5, 5.41) is 11.5. The van der Waals surface area contributed by atoms with Crippen LogP contribution in [0.1, 0.15) is 23.2 Å². The Labute approximate surface area is 92.1 Å². The summed E-state index contributed by atoms with van der Waals surface area (Å²) < 4.78 is 0. The highest BCUT2D eigenvalue weighted by Gasteiger charge is 2.32. The van der Waals surface area contributed by atoms with E-state index in [9.17, 15) is 9.59 Å². The second kappa shape index (κ2) is 4.19. The van der Waals surface area contributed by atoms with Gasteiger partial charge in [0.15, 0.2) is 0 Å². The first kappa shape index (κ1) is 10.4. The zero-order valence-corrected chi connectivity index (χ0v) is 8.56. The lowest BCUT2D eigenvalue weighted by Crippen LogP contribution is -2.35. The molecule has 1 fully saturated rings. The Morgan fingerprint density at radius 3 is 2.94 bits per heavy atom. The molecule has 1 aliphatic rings. The normalized spacial score (nSPS) is 16.2. The number of hydrogen-bond donors (Lipinski definition) is 2. The number of aromatic amines is 1. The third-order valence-corrected chi connectivity index (χ3v) is 2.56. The van der Waals surface area contributed by atoms with Crippen molar-refractivity contribution >= 4 is 5.91 Å². The molecule has 1 atom stereocenters. The molecule has 5 heteroatoms. The molecule has 1 saturated carbocycles. The van der Waals surface area contributed by atoms with Crippen LogP contribution in [0.4, 0.5) is 0 Å². The van der Waals surface area contributed by atoms with Crippen LogP contribution in [0, 0.1) is 17.2 Å². The second-order valence-corrected chi connectivity index (χ2v) is 3.86. The SMILES string of the molecule is N#CC(NC(=O)c1cc[nH]c(=O)c1)C1CC1. The van der Waals surface area contributed by atoms with Crippen LogP contribution in [0.3, 0.4) is 0 Å². The highest BCUT2D eigenvalue weighted by Crippen LogP contribution is 2.32. The minimum Gasteiger partial charge on any atom is -0.336 e. The van der Waals surface area contributed by atoms with Crippen molar-refractivity contribution in [1.82, 2.24) is 10.3 Å². The summed E-state index contributed by atoms with van der Waals surface area (Å²) in [6.45, 7) is 0. The summed E-state index contributed by atoms with van der Waals surface area (Å²) in [5.41, 5.74) is -0.0442. The van der Waals surface area contributed by atoms with E-state index in [-0.39, 0.29) is 22.9 Å². The average molecular weight is 217 g/mol. The molecule has 1 heterocycles. The number of aromatic nitrogens is 1. The minimum atomic E-state index is -0.438. The largest absolute Gasteiger partial charge is 0.336 e. The number of pyridine rings is 1. The molecule has 1 amide bonds. The van der Waals surface area contributed by atoms with E-state index in [1.54, 1.807) is 0 Å². The molecular weight excluding hydrogens is 206 g/mol. The number of hydrogen-bond acceptors (Lipinski definition) is 3. The molecule has 0 saturated heterocycles. The molecule has 2 N–H and O–H groups in total. The summed E-state index contributed by atoms with van der Waals surface area (Å²) >= 11 is 0. The van der Waals surface area contributed by atoms with Crippen LogP contribution in [0.5, 0.6) is 0 Å². The monoisotopic (exact) mass is 217 g/mol. The van der Waals surface area contributed by atoms with E-state index in [1.165, 1.54) is 18.3 Å². The van der Waals surface area contributed by atoms with Gasteiger partial charge in [-0.15, -0.1) is 0 Å². The van der Waals surface area contributed by atoms with Crippen LogP contribution in [0.15, 0.2) is 23.1 Å². The first-order valence-electron chi connectivity index (χ1n) is 5.10. The maximum Gasteiger partial charge on any atom is 0.252 e. The van der Waals surface area contributed by atoms with Gasteiger partial charge in [0.25, 0.3) is 5.91 Å². The molecule has 1 unspecified atom stereocenters. The Bertz CT molecular complexity index is 496. The van der Waals surface area contributed by atoms with Gasteiger partial charge < -0.3 is 10.3 Å². The van der Waals surface area contributed by atoms with Gasteiger partial charge in [-0.2, -0.15) is 5.26 Å². The van der Waals surface area contributed by atoms with Crippen molar-refractivity contribution in [3.63, 3.8) is 0 Å². The number of H-pyrrole nitrogens is 1. The van der Waals surface area contributed by atoms with Gasteiger partial charge in [0, 0.05) is 17.8 Å². The van der Waals surface area contributed by atoms with Crippen molar-refractivity contribution in [2.24, 2.45) is 5.92 Å². The number of nitrogens with one attached hydrogen (secondary N) is 2. The molecule has 82 valence electrons. The first-order chi connectivity index (χ1) is 7.70.